The first-order valence-electron chi connectivity index (χ1n) is 12.9. The lowest BCUT2D eigenvalue weighted by Crippen LogP contribution is -2.45. The second kappa shape index (κ2) is 10.4. The average Bonchev–Trinajstić information content (AvgIpc) is 3.27. The van der Waals surface area contributed by atoms with Crippen molar-refractivity contribution in [3.8, 4) is 0 Å². The zero-order valence-electron chi connectivity index (χ0n) is 21.5. The van der Waals surface area contributed by atoms with Crippen LogP contribution in [0.2, 0.25) is 0 Å². The van der Waals surface area contributed by atoms with Crippen molar-refractivity contribution in [2.24, 2.45) is 0 Å². The summed E-state index contributed by atoms with van der Waals surface area (Å²) in [7, 11) is 1.47. The summed E-state index contributed by atoms with van der Waals surface area (Å²) >= 11 is 0. The van der Waals surface area contributed by atoms with E-state index in [1.54, 1.807) is 19.1 Å². The van der Waals surface area contributed by atoms with Gasteiger partial charge in [0.05, 0.1) is 29.6 Å². The minimum absolute atomic E-state index is 0.0270. The van der Waals surface area contributed by atoms with E-state index in [0.717, 1.165) is 48.0 Å². The van der Waals surface area contributed by atoms with Crippen molar-refractivity contribution in [1.82, 2.24) is 9.55 Å². The Morgan fingerprint density at radius 3 is 2.78 bits per heavy atom. The third-order valence-electron chi connectivity index (χ3n) is 7.81. The van der Waals surface area contributed by atoms with Crippen molar-refractivity contribution in [2.45, 2.75) is 70.4 Å². The van der Waals surface area contributed by atoms with Crippen LogP contribution in [0, 0.1) is 12.7 Å². The fourth-order valence-electron chi connectivity index (χ4n) is 5.76. The molecule has 0 bridgehead atoms. The fraction of sp³-hybridized carbons (Fsp3) is 0.500. The maximum absolute atomic E-state index is 14.4. The van der Waals surface area contributed by atoms with Crippen LogP contribution in [-0.2, 0) is 27.1 Å². The molecule has 3 unspecified atom stereocenters. The highest BCUT2D eigenvalue weighted by Crippen LogP contribution is 2.39. The van der Waals surface area contributed by atoms with Crippen molar-refractivity contribution < 1.29 is 28.9 Å². The molecule has 2 aliphatic heterocycles. The molecule has 4 atom stereocenters. The Morgan fingerprint density at radius 2 is 2.11 bits per heavy atom. The highest BCUT2D eigenvalue weighted by atomic mass is 19.1. The zero-order valence-corrected chi connectivity index (χ0v) is 21.5. The first kappa shape index (κ1) is 25.6. The van der Waals surface area contributed by atoms with Crippen LogP contribution in [0.25, 0.3) is 11.0 Å². The summed E-state index contributed by atoms with van der Waals surface area (Å²) < 4.78 is 27.5. The number of aromatic nitrogens is 2. The van der Waals surface area contributed by atoms with Crippen LogP contribution in [0.5, 0.6) is 0 Å². The molecule has 2 aromatic carbocycles. The van der Waals surface area contributed by atoms with Crippen molar-refractivity contribution in [3.63, 3.8) is 0 Å². The number of methoxy groups -OCH3 is 1. The topological polar surface area (TPSA) is 97.0 Å². The Balaban J connectivity index is 1.64. The molecule has 8 nitrogen and oxygen atoms in total. The summed E-state index contributed by atoms with van der Waals surface area (Å²) in [6.45, 7) is 4.94. The molecule has 1 saturated heterocycles. The van der Waals surface area contributed by atoms with E-state index in [1.807, 2.05) is 17.0 Å². The molecule has 2 N–H and O–H groups in total. The summed E-state index contributed by atoms with van der Waals surface area (Å²) in [5, 5.41) is 20.7. The predicted molar refractivity (Wildman–Crippen MR) is 137 cm³/mol. The lowest BCUT2D eigenvalue weighted by Gasteiger charge is -2.39. The third-order valence-corrected chi connectivity index (χ3v) is 7.81. The molecule has 1 aromatic heterocycles. The first-order chi connectivity index (χ1) is 17.8. The van der Waals surface area contributed by atoms with Gasteiger partial charge in [-0.1, -0.05) is 12.1 Å². The number of fused-ring (bicyclic) bond motifs is 3. The molecule has 0 radical (unpaired) electrons. The number of hydrogen-bond acceptors (Lipinski definition) is 6. The summed E-state index contributed by atoms with van der Waals surface area (Å²) in [5.74, 6) is -1.74. The molecule has 37 heavy (non-hydrogen) atoms. The Kier molecular flexibility index (Phi) is 7.20. The number of carboxylic acids is 1. The standard InChI is InChI=1S/C28H34FN3O5/c1-16-6-8-18(13-22(16)29)21(27(33)34)14-25-30-26-20-9-7-17(2)31(28(35)36-3)23(20)10-11-24(26)32(25)19-5-4-12-37-15-19/h6,8,10-11,13,17,19,21,28,35H,4-5,7,9,12,14-15H2,1-3H3,(H,33,34)/t17-,19?,21?,28?/m0/s1. The largest absolute Gasteiger partial charge is 0.481 e. The van der Waals surface area contributed by atoms with Gasteiger partial charge in [-0.15, -0.1) is 0 Å². The second-order valence-electron chi connectivity index (χ2n) is 10.2. The predicted octanol–water partition coefficient (Wildman–Crippen LogP) is 4.31. The number of aliphatic carboxylic acids is 1. The molecular formula is C28H34FN3O5. The van der Waals surface area contributed by atoms with Gasteiger partial charge >= 0.3 is 5.97 Å². The second-order valence-corrected chi connectivity index (χ2v) is 10.2. The van der Waals surface area contributed by atoms with Gasteiger partial charge in [-0.05, 0) is 68.9 Å². The molecule has 5 rings (SSSR count). The van der Waals surface area contributed by atoms with E-state index in [9.17, 15) is 19.4 Å². The SMILES string of the molecule is COC(O)N1c2ccc3c(nc(CC(C(=O)O)c4ccc(C)c(F)c4)n3C3CCCOC3)c2CC[C@@H]1C. The van der Waals surface area contributed by atoms with Crippen LogP contribution in [0.3, 0.4) is 0 Å². The molecule has 0 saturated carbocycles. The molecule has 198 valence electrons. The molecule has 3 aromatic rings. The maximum Gasteiger partial charge on any atom is 0.311 e. The summed E-state index contributed by atoms with van der Waals surface area (Å²) in [6, 6.07) is 8.71. The number of aryl methyl sites for hydroxylation is 2. The molecular weight excluding hydrogens is 477 g/mol. The van der Waals surface area contributed by atoms with Gasteiger partial charge in [-0.3, -0.25) is 4.79 Å². The molecule has 0 aliphatic carbocycles. The van der Waals surface area contributed by atoms with Gasteiger partial charge in [0.15, 0.2) is 0 Å². The van der Waals surface area contributed by atoms with Gasteiger partial charge in [-0.25, -0.2) is 9.37 Å². The van der Waals surface area contributed by atoms with Crippen molar-refractivity contribution >= 4 is 22.7 Å². The fourth-order valence-corrected chi connectivity index (χ4v) is 5.76. The maximum atomic E-state index is 14.4. The van der Waals surface area contributed by atoms with Gasteiger partial charge in [-0.2, -0.15) is 0 Å². The number of benzene rings is 2. The number of halogens is 1. The lowest BCUT2D eigenvalue weighted by molar-refractivity contribution is -0.138. The summed E-state index contributed by atoms with van der Waals surface area (Å²) in [5.41, 5.74) is 4.49. The number of rotatable bonds is 7. The number of ether oxygens (including phenoxy) is 2. The Morgan fingerprint density at radius 1 is 1.30 bits per heavy atom. The summed E-state index contributed by atoms with van der Waals surface area (Å²) in [4.78, 5) is 19.3. The normalized spacial score (nSPS) is 21.6. The highest BCUT2D eigenvalue weighted by molar-refractivity contribution is 5.87. The number of imidazole rings is 1. The lowest BCUT2D eigenvalue weighted by atomic mass is 9.94. The molecule has 0 amide bonds. The van der Waals surface area contributed by atoms with E-state index >= 15 is 0 Å². The van der Waals surface area contributed by atoms with E-state index in [-0.39, 0.29) is 18.5 Å². The average molecular weight is 512 g/mol. The number of aliphatic hydroxyl groups excluding tert-OH is 1. The highest BCUT2D eigenvalue weighted by Gasteiger charge is 2.33. The number of hydrogen-bond donors (Lipinski definition) is 2. The van der Waals surface area contributed by atoms with E-state index in [2.05, 4.69) is 11.5 Å². The third kappa shape index (κ3) is 4.71. The number of carboxylic acid groups (broad SMARTS) is 1. The number of aliphatic hydroxyl groups is 1. The van der Waals surface area contributed by atoms with Crippen molar-refractivity contribution in [3.05, 3.63) is 58.7 Å². The van der Waals surface area contributed by atoms with Crippen molar-refractivity contribution in [1.29, 1.82) is 0 Å². The van der Waals surface area contributed by atoms with Crippen LogP contribution in [0.4, 0.5) is 10.1 Å². The molecule has 1 fully saturated rings. The Labute approximate surface area is 215 Å². The minimum atomic E-state index is -1.08. The molecule has 3 heterocycles. The van der Waals surface area contributed by atoms with Gasteiger partial charge in [0, 0.05) is 37.4 Å². The van der Waals surface area contributed by atoms with Gasteiger partial charge in [0.2, 0.25) is 6.41 Å². The van der Waals surface area contributed by atoms with E-state index in [4.69, 9.17) is 14.5 Å². The van der Waals surface area contributed by atoms with Crippen LogP contribution in [0.15, 0.2) is 30.3 Å². The molecule has 0 spiro atoms. The Hall–Kier alpha value is -3.01. The van der Waals surface area contributed by atoms with Crippen LogP contribution in [-0.4, -0.2) is 58.5 Å². The smallest absolute Gasteiger partial charge is 0.311 e. The van der Waals surface area contributed by atoms with Gasteiger partial charge in [0.1, 0.15) is 11.6 Å². The summed E-state index contributed by atoms with van der Waals surface area (Å²) in [6.07, 6.45) is 2.46. The first-order valence-corrected chi connectivity index (χ1v) is 12.9. The number of anilines is 1. The quantitative estimate of drug-likeness (QED) is 0.456. The minimum Gasteiger partial charge on any atom is -0.481 e. The zero-order chi connectivity index (χ0) is 26.3. The molecule has 2 aliphatic rings. The van der Waals surface area contributed by atoms with Crippen LogP contribution >= 0.6 is 0 Å². The van der Waals surface area contributed by atoms with E-state index in [1.165, 1.54) is 13.2 Å². The van der Waals surface area contributed by atoms with Crippen LogP contribution < -0.4 is 4.90 Å². The number of carbonyl (C=O) groups is 1. The molecule has 9 heteroatoms. The van der Waals surface area contributed by atoms with Crippen molar-refractivity contribution in [2.75, 3.05) is 25.2 Å². The van der Waals surface area contributed by atoms with Gasteiger partial charge in [0.25, 0.3) is 0 Å². The Bertz CT molecular complexity index is 1300. The van der Waals surface area contributed by atoms with E-state index in [0.29, 0.717) is 30.2 Å². The van der Waals surface area contributed by atoms with Gasteiger partial charge < -0.3 is 29.2 Å². The monoisotopic (exact) mass is 511 g/mol. The number of nitrogens with zero attached hydrogens (tertiary/aromatic N) is 3. The van der Waals surface area contributed by atoms with E-state index < -0.39 is 24.1 Å². The van der Waals surface area contributed by atoms with Crippen LogP contribution in [0.1, 0.15) is 60.7 Å².